The zero-order valence-electron chi connectivity index (χ0n) is 21.2. The van der Waals surface area contributed by atoms with Crippen LogP contribution in [0.1, 0.15) is 11.3 Å². The number of carbonyl (C=O) groups is 1. The number of nitrogens with zero attached hydrogens (tertiary/aromatic N) is 5. The summed E-state index contributed by atoms with van der Waals surface area (Å²) >= 11 is 2.65. The molecule has 2 aromatic heterocycles. The SMILES string of the molecule is Cc1c(-c2csc(/N=C3\S/C(=C\c4ccccc4)C(=O)N3c3ccccc3)n2)c(=O)n(-c2ccccc2)n1C. The maximum atomic E-state index is 13.5. The monoisotopic (exact) mass is 549 g/mol. The molecule has 1 amide bonds. The first kappa shape index (κ1) is 24.8. The van der Waals surface area contributed by atoms with E-state index in [0.717, 1.165) is 22.6 Å². The maximum Gasteiger partial charge on any atom is 0.281 e. The van der Waals surface area contributed by atoms with E-state index in [4.69, 9.17) is 9.98 Å². The average molecular weight is 550 g/mol. The van der Waals surface area contributed by atoms with Gasteiger partial charge in [-0.1, -0.05) is 66.7 Å². The number of hydrogen-bond acceptors (Lipinski definition) is 6. The van der Waals surface area contributed by atoms with E-state index in [9.17, 15) is 9.59 Å². The van der Waals surface area contributed by atoms with E-state index < -0.39 is 0 Å². The van der Waals surface area contributed by atoms with Gasteiger partial charge in [-0.25, -0.2) is 9.67 Å². The fourth-order valence-corrected chi connectivity index (χ4v) is 6.15. The second-order valence-electron chi connectivity index (χ2n) is 8.84. The molecular formula is C30H23N5O2S2. The number of benzene rings is 3. The number of thioether (sulfide) groups is 1. The molecule has 192 valence electrons. The van der Waals surface area contributed by atoms with Crippen LogP contribution < -0.4 is 10.5 Å². The maximum absolute atomic E-state index is 13.5. The van der Waals surface area contributed by atoms with Crippen molar-refractivity contribution in [2.24, 2.45) is 12.0 Å². The summed E-state index contributed by atoms with van der Waals surface area (Å²) in [5.74, 6) is -0.143. The fraction of sp³-hybridized carbons (Fsp3) is 0.0667. The molecule has 0 aliphatic carbocycles. The third-order valence-corrected chi connectivity index (χ3v) is 8.12. The van der Waals surface area contributed by atoms with Crippen LogP contribution >= 0.6 is 23.1 Å². The Morgan fingerprint density at radius 1 is 0.846 bits per heavy atom. The molecule has 0 N–H and O–H groups in total. The summed E-state index contributed by atoms with van der Waals surface area (Å²) < 4.78 is 3.47. The Morgan fingerprint density at radius 3 is 2.13 bits per heavy atom. The van der Waals surface area contributed by atoms with E-state index >= 15 is 0 Å². The van der Waals surface area contributed by atoms with Crippen molar-refractivity contribution in [2.75, 3.05) is 4.90 Å². The average Bonchev–Trinajstić information content (AvgIpc) is 3.60. The molecule has 0 saturated carbocycles. The van der Waals surface area contributed by atoms with Gasteiger partial charge in [0.1, 0.15) is 0 Å². The van der Waals surface area contributed by atoms with Crippen LogP contribution in [0.2, 0.25) is 0 Å². The van der Waals surface area contributed by atoms with Crippen LogP contribution in [0.15, 0.2) is 111 Å². The predicted octanol–water partition coefficient (Wildman–Crippen LogP) is 6.42. The highest BCUT2D eigenvalue weighted by Gasteiger charge is 2.35. The topological polar surface area (TPSA) is 72.5 Å². The van der Waals surface area contributed by atoms with Gasteiger partial charge in [-0.2, -0.15) is 4.99 Å². The molecule has 3 aromatic carbocycles. The first-order valence-electron chi connectivity index (χ1n) is 12.2. The third-order valence-electron chi connectivity index (χ3n) is 6.41. The molecule has 0 bridgehead atoms. The van der Waals surface area contributed by atoms with Gasteiger partial charge in [-0.05, 0) is 54.6 Å². The summed E-state index contributed by atoms with van der Waals surface area (Å²) in [6.07, 6.45) is 1.87. The summed E-state index contributed by atoms with van der Waals surface area (Å²) in [6.45, 7) is 1.91. The lowest BCUT2D eigenvalue weighted by Gasteiger charge is -2.14. The lowest BCUT2D eigenvalue weighted by Crippen LogP contribution is -2.28. The van der Waals surface area contributed by atoms with Crippen LogP contribution in [0.3, 0.4) is 0 Å². The van der Waals surface area contributed by atoms with E-state index in [2.05, 4.69) is 0 Å². The van der Waals surface area contributed by atoms with Crippen molar-refractivity contribution in [3.05, 3.63) is 123 Å². The zero-order valence-corrected chi connectivity index (χ0v) is 22.8. The quantitative estimate of drug-likeness (QED) is 0.237. The van der Waals surface area contributed by atoms with E-state index in [1.807, 2.05) is 121 Å². The van der Waals surface area contributed by atoms with E-state index in [1.54, 1.807) is 9.58 Å². The standard InChI is InChI=1S/C30H23N5O2S2/c1-20-26(28(37)35(33(20)2)23-16-10-5-11-17-23)24-19-38-29(31-24)32-30-34(22-14-8-4-9-15-22)27(36)25(39-30)18-21-12-6-3-7-13-21/h3-19H,1-2H3/b25-18-,32-30-. The molecule has 1 saturated heterocycles. The Balaban J connectivity index is 1.40. The number of amides is 1. The van der Waals surface area contributed by atoms with Crippen molar-refractivity contribution in [1.82, 2.24) is 14.3 Å². The summed E-state index contributed by atoms with van der Waals surface area (Å²) in [4.78, 5) is 38.6. The van der Waals surface area contributed by atoms with Gasteiger partial charge in [0.15, 0.2) is 5.17 Å². The molecule has 1 fully saturated rings. The molecule has 0 atom stereocenters. The number of aromatic nitrogens is 3. The van der Waals surface area contributed by atoms with Crippen LogP contribution in [0.5, 0.6) is 0 Å². The van der Waals surface area contributed by atoms with Crippen LogP contribution in [0, 0.1) is 6.92 Å². The third kappa shape index (κ3) is 4.67. The molecule has 9 heteroatoms. The number of carbonyl (C=O) groups excluding carboxylic acids is 1. The van der Waals surface area contributed by atoms with Gasteiger partial charge in [0.05, 0.1) is 27.5 Å². The van der Waals surface area contributed by atoms with Gasteiger partial charge >= 0.3 is 0 Å². The lowest BCUT2D eigenvalue weighted by atomic mass is 10.2. The zero-order chi connectivity index (χ0) is 26.9. The van der Waals surface area contributed by atoms with Crippen molar-refractivity contribution < 1.29 is 4.79 Å². The fourth-order valence-electron chi connectivity index (χ4n) is 4.43. The lowest BCUT2D eigenvalue weighted by molar-refractivity contribution is -0.113. The molecule has 1 aliphatic rings. The number of hydrogen-bond donors (Lipinski definition) is 0. The normalized spacial score (nSPS) is 15.5. The second kappa shape index (κ2) is 10.4. The predicted molar refractivity (Wildman–Crippen MR) is 160 cm³/mol. The molecule has 1 aliphatic heterocycles. The van der Waals surface area contributed by atoms with E-state index in [1.165, 1.54) is 23.1 Å². The first-order valence-corrected chi connectivity index (χ1v) is 13.9. The minimum absolute atomic E-state index is 0.143. The van der Waals surface area contributed by atoms with Gasteiger partial charge in [0, 0.05) is 18.1 Å². The van der Waals surface area contributed by atoms with Crippen LogP contribution in [0.25, 0.3) is 23.0 Å². The van der Waals surface area contributed by atoms with Crippen LogP contribution in [-0.4, -0.2) is 25.4 Å². The van der Waals surface area contributed by atoms with E-state index in [0.29, 0.717) is 26.5 Å². The highest BCUT2D eigenvalue weighted by atomic mass is 32.2. The Kier molecular flexibility index (Phi) is 6.60. The Hall–Kier alpha value is -4.47. The Labute approximate surface area is 233 Å². The molecule has 3 heterocycles. The van der Waals surface area contributed by atoms with Crippen molar-refractivity contribution in [1.29, 1.82) is 0 Å². The smallest absolute Gasteiger partial charge is 0.281 e. The highest BCUT2D eigenvalue weighted by molar-refractivity contribution is 8.19. The molecule has 0 unspecified atom stereocenters. The summed E-state index contributed by atoms with van der Waals surface area (Å²) in [5, 5.41) is 2.82. The molecule has 39 heavy (non-hydrogen) atoms. The second-order valence-corrected chi connectivity index (χ2v) is 10.7. The summed E-state index contributed by atoms with van der Waals surface area (Å²) in [7, 11) is 1.86. The highest BCUT2D eigenvalue weighted by Crippen LogP contribution is 2.38. The molecule has 7 nitrogen and oxygen atoms in total. The number of anilines is 1. The summed E-state index contributed by atoms with van der Waals surface area (Å²) in [5.41, 5.74) is 4.21. The Bertz CT molecular complexity index is 1790. The van der Waals surface area contributed by atoms with Crippen molar-refractivity contribution in [2.45, 2.75) is 6.92 Å². The molecule has 0 spiro atoms. The Morgan fingerprint density at radius 2 is 1.46 bits per heavy atom. The number of aliphatic imine (C=N–C) groups is 1. The molecule has 6 rings (SSSR count). The van der Waals surface area contributed by atoms with Crippen LogP contribution in [0.4, 0.5) is 10.8 Å². The minimum atomic E-state index is -0.143. The molecule has 0 radical (unpaired) electrons. The van der Waals surface area contributed by atoms with Gasteiger partial charge in [-0.3, -0.25) is 19.2 Å². The van der Waals surface area contributed by atoms with Crippen molar-refractivity contribution in [3.8, 4) is 16.9 Å². The van der Waals surface area contributed by atoms with E-state index in [-0.39, 0.29) is 11.5 Å². The van der Waals surface area contributed by atoms with Gasteiger partial charge < -0.3 is 0 Å². The van der Waals surface area contributed by atoms with Crippen LogP contribution in [-0.2, 0) is 11.8 Å². The molecular weight excluding hydrogens is 526 g/mol. The number of thiazole rings is 1. The van der Waals surface area contributed by atoms with Gasteiger partial charge in [0.2, 0.25) is 5.13 Å². The van der Waals surface area contributed by atoms with Crippen molar-refractivity contribution in [3.63, 3.8) is 0 Å². The first-order chi connectivity index (χ1) is 19.0. The van der Waals surface area contributed by atoms with Crippen molar-refractivity contribution >= 4 is 51.1 Å². The molecule has 5 aromatic rings. The number of rotatable bonds is 5. The summed E-state index contributed by atoms with van der Waals surface area (Å²) in [6, 6.07) is 28.7. The largest absolute Gasteiger partial charge is 0.285 e. The van der Waals surface area contributed by atoms with Gasteiger partial charge in [-0.15, -0.1) is 11.3 Å². The van der Waals surface area contributed by atoms with Gasteiger partial charge in [0.25, 0.3) is 11.5 Å². The number of amidine groups is 1. The minimum Gasteiger partial charge on any atom is -0.285 e. The number of para-hydroxylation sites is 2.